The second-order valence-corrected chi connectivity index (χ2v) is 7.32. The summed E-state index contributed by atoms with van der Waals surface area (Å²) in [5.74, 6) is 0.711. The van der Waals surface area contributed by atoms with Crippen LogP contribution < -0.4 is 0 Å². The first kappa shape index (κ1) is 16.3. The number of nitrogens with zero attached hydrogens (tertiary/aromatic N) is 2. The molecule has 25 heavy (non-hydrogen) atoms. The molecule has 1 aromatic heterocycles. The van der Waals surface area contributed by atoms with Crippen LogP contribution in [0.25, 0.3) is 0 Å². The molecule has 2 aliphatic rings. The van der Waals surface area contributed by atoms with Gasteiger partial charge in [-0.1, -0.05) is 30.7 Å². The van der Waals surface area contributed by atoms with Crippen LogP contribution in [0.15, 0.2) is 54.7 Å². The van der Waals surface area contributed by atoms with Crippen molar-refractivity contribution in [1.82, 2.24) is 9.88 Å². The number of carbonyl (C=O) groups excluding carboxylic acids is 1. The maximum atomic E-state index is 12.8. The Bertz CT molecular complexity index is 719. The molecule has 1 saturated heterocycles. The summed E-state index contributed by atoms with van der Waals surface area (Å²) in [6.07, 6.45) is 5.39. The van der Waals surface area contributed by atoms with Crippen molar-refractivity contribution in [3.05, 3.63) is 66.0 Å². The summed E-state index contributed by atoms with van der Waals surface area (Å²) in [6, 6.07) is 15.5. The molecule has 0 radical (unpaired) electrons. The van der Waals surface area contributed by atoms with E-state index in [2.05, 4.69) is 4.98 Å². The van der Waals surface area contributed by atoms with Gasteiger partial charge in [0.25, 0.3) is 5.91 Å². The summed E-state index contributed by atoms with van der Waals surface area (Å²) < 4.78 is 6.04. The molecule has 130 valence electrons. The number of ether oxygens (including phenoxy) is 1. The molecule has 0 unspecified atom stereocenters. The Morgan fingerprint density at radius 1 is 1.20 bits per heavy atom. The highest BCUT2D eigenvalue weighted by Crippen LogP contribution is 2.49. The molecule has 2 fully saturated rings. The van der Waals surface area contributed by atoms with Gasteiger partial charge in [0.15, 0.2) is 0 Å². The highest BCUT2D eigenvalue weighted by molar-refractivity contribution is 5.94. The van der Waals surface area contributed by atoms with E-state index in [1.54, 1.807) is 6.20 Å². The maximum Gasteiger partial charge on any atom is 0.253 e. The molecule has 2 atom stereocenters. The van der Waals surface area contributed by atoms with Gasteiger partial charge in [-0.2, -0.15) is 0 Å². The van der Waals surface area contributed by atoms with Crippen molar-refractivity contribution in [2.45, 2.75) is 25.9 Å². The van der Waals surface area contributed by atoms with Crippen LogP contribution in [-0.2, 0) is 11.3 Å². The van der Waals surface area contributed by atoms with Gasteiger partial charge in [-0.05, 0) is 43.0 Å². The zero-order chi connectivity index (χ0) is 17.1. The number of benzene rings is 1. The van der Waals surface area contributed by atoms with E-state index in [1.807, 2.05) is 53.4 Å². The van der Waals surface area contributed by atoms with Crippen LogP contribution in [0.1, 0.15) is 35.3 Å². The Labute approximate surface area is 148 Å². The highest BCUT2D eigenvalue weighted by atomic mass is 16.5. The van der Waals surface area contributed by atoms with E-state index in [9.17, 15) is 4.79 Å². The number of hydrogen-bond acceptors (Lipinski definition) is 3. The largest absolute Gasteiger partial charge is 0.375 e. The number of amides is 1. The smallest absolute Gasteiger partial charge is 0.253 e. The van der Waals surface area contributed by atoms with Crippen molar-refractivity contribution < 1.29 is 9.53 Å². The lowest BCUT2D eigenvalue weighted by molar-refractivity contribution is 0.0252. The molecule has 2 heterocycles. The monoisotopic (exact) mass is 336 g/mol. The topological polar surface area (TPSA) is 42.4 Å². The van der Waals surface area contributed by atoms with Gasteiger partial charge < -0.3 is 9.64 Å². The molecule has 1 saturated carbocycles. The Hall–Kier alpha value is -2.20. The molecular weight excluding hydrogens is 312 g/mol. The SMILES string of the molecule is O=C(c1ccccc1)N1C[C@H]2CCC[C@@]2(COCc2ccccn2)C1. The third kappa shape index (κ3) is 3.31. The number of carbonyl (C=O) groups is 1. The Balaban J connectivity index is 1.41. The van der Waals surface area contributed by atoms with Crippen molar-refractivity contribution in [3.8, 4) is 0 Å². The molecular formula is C21H24N2O2. The molecule has 1 aliphatic carbocycles. The molecule has 4 rings (SSSR count). The standard InChI is InChI=1S/C21H24N2O2/c24-20(17-7-2-1-3-8-17)23-13-18-9-6-11-21(18,15-23)16-25-14-19-10-4-5-12-22-19/h1-5,7-8,10,12,18H,6,9,11,13-16H2/t18-,21+/m1/s1. The lowest BCUT2D eigenvalue weighted by Gasteiger charge is -2.28. The molecule has 4 nitrogen and oxygen atoms in total. The first-order valence-electron chi connectivity index (χ1n) is 9.09. The minimum absolute atomic E-state index is 0.124. The van der Waals surface area contributed by atoms with Crippen LogP contribution in [0.3, 0.4) is 0 Å². The molecule has 1 amide bonds. The Morgan fingerprint density at radius 3 is 2.84 bits per heavy atom. The third-order valence-electron chi connectivity index (χ3n) is 5.71. The van der Waals surface area contributed by atoms with Gasteiger partial charge in [-0.25, -0.2) is 0 Å². The molecule has 0 spiro atoms. The average molecular weight is 336 g/mol. The number of fused-ring (bicyclic) bond motifs is 1. The van der Waals surface area contributed by atoms with Crippen LogP contribution in [0.5, 0.6) is 0 Å². The zero-order valence-electron chi connectivity index (χ0n) is 14.4. The van der Waals surface area contributed by atoms with E-state index in [0.29, 0.717) is 19.1 Å². The lowest BCUT2D eigenvalue weighted by Crippen LogP contribution is -2.34. The average Bonchev–Trinajstić information content (AvgIpc) is 3.20. The first-order valence-corrected chi connectivity index (χ1v) is 9.09. The van der Waals surface area contributed by atoms with Crippen molar-refractivity contribution in [2.24, 2.45) is 11.3 Å². The zero-order valence-corrected chi connectivity index (χ0v) is 14.4. The predicted molar refractivity (Wildman–Crippen MR) is 96.0 cm³/mol. The maximum absolute atomic E-state index is 12.8. The molecule has 0 bridgehead atoms. The lowest BCUT2D eigenvalue weighted by atomic mass is 9.81. The number of aromatic nitrogens is 1. The number of hydrogen-bond donors (Lipinski definition) is 0. The molecule has 1 aromatic carbocycles. The quantitative estimate of drug-likeness (QED) is 0.839. The van der Waals surface area contributed by atoms with Crippen LogP contribution >= 0.6 is 0 Å². The van der Waals surface area contributed by atoms with Crippen molar-refractivity contribution in [2.75, 3.05) is 19.7 Å². The van der Waals surface area contributed by atoms with Gasteiger partial charge in [0.1, 0.15) is 0 Å². The van der Waals surface area contributed by atoms with Crippen LogP contribution in [0.2, 0.25) is 0 Å². The van der Waals surface area contributed by atoms with E-state index in [0.717, 1.165) is 30.8 Å². The molecule has 4 heteroatoms. The van der Waals surface area contributed by atoms with Gasteiger partial charge in [0, 0.05) is 30.3 Å². The third-order valence-corrected chi connectivity index (χ3v) is 5.71. The van der Waals surface area contributed by atoms with Gasteiger partial charge >= 0.3 is 0 Å². The molecule has 2 aromatic rings. The minimum Gasteiger partial charge on any atom is -0.375 e. The minimum atomic E-state index is 0.124. The first-order chi connectivity index (χ1) is 12.3. The molecule has 1 aliphatic heterocycles. The number of rotatable bonds is 5. The van der Waals surface area contributed by atoms with E-state index >= 15 is 0 Å². The van der Waals surface area contributed by atoms with E-state index in [1.165, 1.54) is 12.8 Å². The van der Waals surface area contributed by atoms with Crippen molar-refractivity contribution in [1.29, 1.82) is 0 Å². The van der Waals surface area contributed by atoms with Crippen LogP contribution in [0.4, 0.5) is 0 Å². The fourth-order valence-corrected chi connectivity index (χ4v) is 4.41. The van der Waals surface area contributed by atoms with Gasteiger partial charge in [-0.3, -0.25) is 9.78 Å². The summed E-state index contributed by atoms with van der Waals surface area (Å²) in [6.45, 7) is 2.93. The van der Waals surface area contributed by atoms with Crippen LogP contribution in [-0.4, -0.2) is 35.5 Å². The van der Waals surface area contributed by atoms with E-state index < -0.39 is 0 Å². The van der Waals surface area contributed by atoms with Gasteiger partial charge in [0.05, 0.1) is 18.9 Å². The van der Waals surface area contributed by atoms with Gasteiger partial charge in [0.2, 0.25) is 0 Å². The van der Waals surface area contributed by atoms with Crippen LogP contribution in [0, 0.1) is 11.3 Å². The summed E-state index contributed by atoms with van der Waals surface area (Å²) in [4.78, 5) is 19.1. The summed E-state index contributed by atoms with van der Waals surface area (Å²) in [5, 5.41) is 0. The number of likely N-dealkylation sites (tertiary alicyclic amines) is 1. The predicted octanol–water partition coefficient (Wildman–Crippen LogP) is 3.54. The summed E-state index contributed by atoms with van der Waals surface area (Å²) in [7, 11) is 0. The van der Waals surface area contributed by atoms with Crippen molar-refractivity contribution in [3.63, 3.8) is 0 Å². The normalized spacial score (nSPS) is 25.1. The molecule has 0 N–H and O–H groups in total. The number of pyridine rings is 1. The van der Waals surface area contributed by atoms with Gasteiger partial charge in [-0.15, -0.1) is 0 Å². The van der Waals surface area contributed by atoms with E-state index in [4.69, 9.17) is 4.74 Å². The fourth-order valence-electron chi connectivity index (χ4n) is 4.41. The second kappa shape index (κ2) is 6.96. The van der Waals surface area contributed by atoms with Crippen molar-refractivity contribution >= 4 is 5.91 Å². The Morgan fingerprint density at radius 2 is 2.04 bits per heavy atom. The Kier molecular flexibility index (Phi) is 4.53. The van der Waals surface area contributed by atoms with E-state index in [-0.39, 0.29) is 11.3 Å². The highest BCUT2D eigenvalue weighted by Gasteiger charge is 2.50. The fraction of sp³-hybridized carbons (Fsp3) is 0.429. The summed E-state index contributed by atoms with van der Waals surface area (Å²) >= 11 is 0. The second-order valence-electron chi connectivity index (χ2n) is 7.32. The summed E-state index contributed by atoms with van der Waals surface area (Å²) in [5.41, 5.74) is 1.87.